The first-order valence-electron chi connectivity index (χ1n) is 5.53. The maximum atomic E-state index is 12.0. The highest BCUT2D eigenvalue weighted by Crippen LogP contribution is 2.27. The average molecular weight is 214 g/mol. The first kappa shape index (κ1) is 12.5. The number of hydrogen-bond donors (Lipinski definition) is 2. The molecule has 88 valence electrons. The quantitative estimate of drug-likeness (QED) is 0.678. The second-order valence-corrected chi connectivity index (χ2v) is 5.20. The second kappa shape index (κ2) is 4.10. The Hall–Kier alpha value is -0.610. The Morgan fingerprint density at radius 2 is 1.87 bits per heavy atom. The summed E-state index contributed by atoms with van der Waals surface area (Å²) in [6.45, 7) is 8.74. The van der Waals surface area contributed by atoms with Crippen molar-refractivity contribution >= 4 is 5.91 Å². The molecule has 1 saturated heterocycles. The molecule has 2 N–H and O–H groups in total. The molecule has 0 radical (unpaired) electrons. The first-order chi connectivity index (χ1) is 6.81. The van der Waals surface area contributed by atoms with Crippen LogP contribution in [-0.4, -0.2) is 40.3 Å². The van der Waals surface area contributed by atoms with Gasteiger partial charge in [0.1, 0.15) is 0 Å². The fraction of sp³-hybridized carbons (Fsp3) is 0.909. The Labute approximate surface area is 91.6 Å². The second-order valence-electron chi connectivity index (χ2n) is 5.20. The lowest BCUT2D eigenvalue weighted by atomic mass is 10.1. The van der Waals surface area contributed by atoms with Crippen LogP contribution < -0.4 is 5.32 Å². The van der Waals surface area contributed by atoms with Crippen molar-refractivity contribution in [2.75, 3.05) is 13.2 Å². The third-order valence-electron chi connectivity index (χ3n) is 2.86. The summed E-state index contributed by atoms with van der Waals surface area (Å²) >= 11 is 0. The van der Waals surface area contributed by atoms with Gasteiger partial charge >= 0.3 is 0 Å². The fourth-order valence-electron chi connectivity index (χ4n) is 2.24. The molecule has 0 atom stereocenters. The normalized spacial score (nSPS) is 23.5. The molecule has 1 aliphatic rings. The molecule has 0 aromatic carbocycles. The number of unbranched alkanes of at least 4 members (excludes halogenated alkanes) is 1. The highest BCUT2D eigenvalue weighted by Gasteiger charge is 2.48. The van der Waals surface area contributed by atoms with Gasteiger partial charge < -0.3 is 10.0 Å². The van der Waals surface area contributed by atoms with E-state index in [1.54, 1.807) is 0 Å². The molecule has 0 spiro atoms. The van der Waals surface area contributed by atoms with Gasteiger partial charge in [0.25, 0.3) is 0 Å². The topological polar surface area (TPSA) is 52.6 Å². The molecular formula is C11H22N2O2. The van der Waals surface area contributed by atoms with Crippen LogP contribution in [0.2, 0.25) is 0 Å². The minimum atomic E-state index is -0.470. The zero-order valence-corrected chi connectivity index (χ0v) is 10.1. The van der Waals surface area contributed by atoms with Gasteiger partial charge in [0, 0.05) is 13.2 Å². The maximum Gasteiger partial charge on any atom is 0.243 e. The molecule has 0 saturated carbocycles. The molecule has 1 heterocycles. The number of carbonyl (C=O) groups excluding carboxylic acids is 1. The zero-order valence-electron chi connectivity index (χ0n) is 10.1. The molecule has 1 fully saturated rings. The molecule has 0 unspecified atom stereocenters. The zero-order chi connectivity index (χ0) is 11.7. The standard InChI is InChI=1S/C11H22N2O2/c1-10(2)9(15)13(7-5-6-8-14)11(3,4)12-10/h12,14H,5-8H2,1-4H3. The largest absolute Gasteiger partial charge is 0.396 e. The Bertz CT molecular complexity index is 249. The Balaban J connectivity index is 2.66. The number of amides is 1. The van der Waals surface area contributed by atoms with Gasteiger partial charge in [0.2, 0.25) is 5.91 Å². The van der Waals surface area contributed by atoms with Gasteiger partial charge in [-0.1, -0.05) is 0 Å². The van der Waals surface area contributed by atoms with Crippen molar-refractivity contribution in [3.63, 3.8) is 0 Å². The van der Waals surface area contributed by atoms with E-state index < -0.39 is 5.54 Å². The average Bonchev–Trinajstić information content (AvgIpc) is 2.23. The number of aliphatic hydroxyl groups excluding tert-OH is 1. The molecule has 0 bridgehead atoms. The van der Waals surface area contributed by atoms with E-state index in [1.165, 1.54) is 0 Å². The lowest BCUT2D eigenvalue weighted by Gasteiger charge is -2.31. The van der Waals surface area contributed by atoms with Crippen LogP contribution in [0.25, 0.3) is 0 Å². The van der Waals surface area contributed by atoms with Gasteiger partial charge in [0.05, 0.1) is 11.2 Å². The van der Waals surface area contributed by atoms with Crippen molar-refractivity contribution in [1.29, 1.82) is 0 Å². The lowest BCUT2D eigenvalue weighted by Crippen LogP contribution is -2.48. The molecule has 0 aromatic rings. The fourth-order valence-corrected chi connectivity index (χ4v) is 2.24. The van der Waals surface area contributed by atoms with Crippen molar-refractivity contribution in [3.05, 3.63) is 0 Å². The van der Waals surface area contributed by atoms with Crippen molar-refractivity contribution in [3.8, 4) is 0 Å². The summed E-state index contributed by atoms with van der Waals surface area (Å²) in [5.41, 5.74) is -0.751. The number of nitrogens with one attached hydrogen (secondary N) is 1. The summed E-state index contributed by atoms with van der Waals surface area (Å²) in [6.07, 6.45) is 1.60. The predicted octanol–water partition coefficient (Wildman–Crippen LogP) is 0.705. The molecule has 4 nitrogen and oxygen atoms in total. The monoisotopic (exact) mass is 214 g/mol. The molecular weight excluding hydrogens is 192 g/mol. The summed E-state index contributed by atoms with van der Waals surface area (Å²) < 4.78 is 0. The SMILES string of the molecule is CC1(C)NC(C)(C)N(CCCCO)C1=O. The molecule has 4 heteroatoms. The van der Waals surface area contributed by atoms with Crippen LogP contribution in [0.3, 0.4) is 0 Å². The third-order valence-corrected chi connectivity index (χ3v) is 2.86. The van der Waals surface area contributed by atoms with Crippen LogP contribution in [0.5, 0.6) is 0 Å². The minimum absolute atomic E-state index is 0.144. The Morgan fingerprint density at radius 1 is 1.27 bits per heavy atom. The molecule has 0 aliphatic carbocycles. The van der Waals surface area contributed by atoms with Crippen LogP contribution in [0.15, 0.2) is 0 Å². The lowest BCUT2D eigenvalue weighted by molar-refractivity contribution is -0.133. The van der Waals surface area contributed by atoms with Gasteiger partial charge in [-0.3, -0.25) is 10.1 Å². The van der Waals surface area contributed by atoms with Crippen LogP contribution in [0, 0.1) is 0 Å². The summed E-state index contributed by atoms with van der Waals surface area (Å²) in [5, 5.41) is 12.0. The van der Waals surface area contributed by atoms with Crippen LogP contribution in [-0.2, 0) is 4.79 Å². The van der Waals surface area contributed by atoms with E-state index >= 15 is 0 Å². The first-order valence-corrected chi connectivity index (χ1v) is 5.53. The van der Waals surface area contributed by atoms with E-state index in [4.69, 9.17) is 5.11 Å². The van der Waals surface area contributed by atoms with Crippen LogP contribution in [0.4, 0.5) is 0 Å². The summed E-state index contributed by atoms with van der Waals surface area (Å²) in [5.74, 6) is 0.144. The predicted molar refractivity (Wildman–Crippen MR) is 59.3 cm³/mol. The number of aliphatic hydroxyl groups is 1. The van der Waals surface area contributed by atoms with Gasteiger partial charge in [-0.25, -0.2) is 0 Å². The van der Waals surface area contributed by atoms with E-state index in [9.17, 15) is 4.79 Å². The number of carbonyl (C=O) groups is 1. The van der Waals surface area contributed by atoms with Gasteiger partial charge in [-0.15, -0.1) is 0 Å². The molecule has 1 aliphatic heterocycles. The van der Waals surface area contributed by atoms with Crippen molar-refractivity contribution < 1.29 is 9.90 Å². The Kier molecular flexibility index (Phi) is 3.41. The van der Waals surface area contributed by atoms with Crippen molar-refractivity contribution in [2.24, 2.45) is 0 Å². The summed E-state index contributed by atoms with van der Waals surface area (Å²) in [7, 11) is 0. The van der Waals surface area contributed by atoms with Gasteiger partial charge in [-0.2, -0.15) is 0 Å². The molecule has 1 amide bonds. The minimum Gasteiger partial charge on any atom is -0.396 e. The molecule has 1 rings (SSSR count). The summed E-state index contributed by atoms with van der Waals surface area (Å²) in [4.78, 5) is 13.9. The number of nitrogens with zero attached hydrogens (tertiary/aromatic N) is 1. The van der Waals surface area contributed by atoms with E-state index in [2.05, 4.69) is 5.32 Å². The molecule has 15 heavy (non-hydrogen) atoms. The van der Waals surface area contributed by atoms with Crippen LogP contribution >= 0.6 is 0 Å². The van der Waals surface area contributed by atoms with E-state index in [0.717, 1.165) is 12.8 Å². The molecule has 0 aromatic heterocycles. The van der Waals surface area contributed by atoms with E-state index in [-0.39, 0.29) is 18.2 Å². The smallest absolute Gasteiger partial charge is 0.243 e. The van der Waals surface area contributed by atoms with Crippen molar-refractivity contribution in [1.82, 2.24) is 10.2 Å². The van der Waals surface area contributed by atoms with Crippen molar-refractivity contribution in [2.45, 2.75) is 51.7 Å². The number of hydrogen-bond acceptors (Lipinski definition) is 3. The summed E-state index contributed by atoms with van der Waals surface area (Å²) in [6, 6.07) is 0. The maximum absolute atomic E-state index is 12.0. The third kappa shape index (κ3) is 2.49. The number of rotatable bonds is 4. The Morgan fingerprint density at radius 3 is 2.27 bits per heavy atom. The van der Waals surface area contributed by atoms with E-state index in [0.29, 0.717) is 6.54 Å². The van der Waals surface area contributed by atoms with Gasteiger partial charge in [-0.05, 0) is 40.5 Å². The van der Waals surface area contributed by atoms with Gasteiger partial charge in [0.15, 0.2) is 0 Å². The highest BCUT2D eigenvalue weighted by atomic mass is 16.3. The van der Waals surface area contributed by atoms with Crippen LogP contribution in [0.1, 0.15) is 40.5 Å². The highest BCUT2D eigenvalue weighted by molar-refractivity contribution is 5.88. The van der Waals surface area contributed by atoms with E-state index in [1.807, 2.05) is 32.6 Å².